The highest BCUT2D eigenvalue weighted by molar-refractivity contribution is 7.86. The van der Waals surface area contributed by atoms with Gasteiger partial charge in [0, 0.05) is 6.07 Å². The molecule has 0 aliphatic rings. The molecule has 16 heavy (non-hydrogen) atoms. The Morgan fingerprint density at radius 1 is 1.44 bits per heavy atom. The van der Waals surface area contributed by atoms with Gasteiger partial charge in [-0.3, -0.25) is 14.9 Å². The van der Waals surface area contributed by atoms with Crippen LogP contribution in [0.4, 0.5) is 5.69 Å². The minimum absolute atomic E-state index is 0.143. The van der Waals surface area contributed by atoms with Crippen molar-refractivity contribution in [3.05, 3.63) is 33.9 Å². The van der Waals surface area contributed by atoms with Gasteiger partial charge in [0.2, 0.25) is 0 Å². The van der Waals surface area contributed by atoms with E-state index in [1.54, 1.807) is 0 Å². The van der Waals surface area contributed by atoms with Crippen LogP contribution < -0.4 is 4.18 Å². The van der Waals surface area contributed by atoms with Crippen molar-refractivity contribution in [2.75, 3.05) is 6.26 Å². The largest absolute Gasteiger partial charge is 0.383 e. The Balaban J connectivity index is 3.19. The van der Waals surface area contributed by atoms with Crippen molar-refractivity contribution >= 4 is 22.1 Å². The van der Waals surface area contributed by atoms with E-state index in [0.29, 0.717) is 0 Å². The van der Waals surface area contributed by atoms with Crippen molar-refractivity contribution in [2.45, 2.75) is 0 Å². The molecular weight excluding hydrogens is 238 g/mol. The number of nitrogens with zero attached hydrogens (tertiary/aromatic N) is 1. The zero-order valence-electron chi connectivity index (χ0n) is 8.11. The van der Waals surface area contributed by atoms with E-state index in [1.165, 1.54) is 0 Å². The van der Waals surface area contributed by atoms with Crippen molar-refractivity contribution in [1.29, 1.82) is 0 Å². The highest BCUT2D eigenvalue weighted by atomic mass is 32.2. The Bertz CT molecular complexity index is 535. The molecule has 0 spiro atoms. The molecule has 0 atom stereocenters. The van der Waals surface area contributed by atoms with Gasteiger partial charge in [-0.1, -0.05) is 0 Å². The topological polar surface area (TPSA) is 104 Å². The summed E-state index contributed by atoms with van der Waals surface area (Å²) in [7, 11) is -3.72. The molecule has 0 amide bonds. The molecule has 1 aromatic carbocycles. The molecule has 0 bridgehead atoms. The van der Waals surface area contributed by atoms with Crippen molar-refractivity contribution in [3.63, 3.8) is 0 Å². The molecule has 0 saturated carbocycles. The van der Waals surface area contributed by atoms with Crippen LogP contribution >= 0.6 is 0 Å². The third-order valence-corrected chi connectivity index (χ3v) is 2.07. The Morgan fingerprint density at radius 2 is 2.06 bits per heavy atom. The molecule has 0 aromatic heterocycles. The second-order valence-corrected chi connectivity index (χ2v) is 4.46. The van der Waals surface area contributed by atoms with Gasteiger partial charge in [0.15, 0.2) is 6.29 Å². The highest BCUT2D eigenvalue weighted by Crippen LogP contribution is 2.23. The lowest BCUT2D eigenvalue weighted by atomic mass is 10.2. The van der Waals surface area contributed by atoms with Crippen LogP contribution in [0.1, 0.15) is 10.4 Å². The van der Waals surface area contributed by atoms with Crippen LogP contribution in [0, 0.1) is 10.1 Å². The van der Waals surface area contributed by atoms with Crippen LogP contribution in [0.15, 0.2) is 18.2 Å². The van der Waals surface area contributed by atoms with Crippen molar-refractivity contribution in [1.82, 2.24) is 0 Å². The number of nitro groups is 1. The lowest BCUT2D eigenvalue weighted by molar-refractivity contribution is -0.385. The number of hydrogen-bond acceptors (Lipinski definition) is 6. The van der Waals surface area contributed by atoms with Gasteiger partial charge in [0.25, 0.3) is 5.69 Å². The zero-order chi connectivity index (χ0) is 12.3. The lowest BCUT2D eigenvalue weighted by Crippen LogP contribution is -2.06. The first kappa shape index (κ1) is 12.1. The van der Waals surface area contributed by atoms with Crippen LogP contribution in [-0.2, 0) is 10.1 Å². The Kier molecular flexibility index (Phi) is 3.23. The molecule has 1 rings (SSSR count). The van der Waals surface area contributed by atoms with Gasteiger partial charge >= 0.3 is 10.1 Å². The van der Waals surface area contributed by atoms with Gasteiger partial charge in [-0.2, -0.15) is 8.42 Å². The molecule has 1 aromatic rings. The summed E-state index contributed by atoms with van der Waals surface area (Å²) >= 11 is 0. The second kappa shape index (κ2) is 4.27. The number of aldehydes is 1. The lowest BCUT2D eigenvalue weighted by Gasteiger charge is -2.03. The summed E-state index contributed by atoms with van der Waals surface area (Å²) in [5.41, 5.74) is -0.651. The van der Waals surface area contributed by atoms with Crippen molar-refractivity contribution in [2.24, 2.45) is 0 Å². The van der Waals surface area contributed by atoms with E-state index in [2.05, 4.69) is 4.18 Å². The van der Waals surface area contributed by atoms with Crippen LogP contribution in [0.25, 0.3) is 0 Å². The summed E-state index contributed by atoms with van der Waals surface area (Å²) < 4.78 is 26.0. The van der Waals surface area contributed by atoms with Gasteiger partial charge in [-0.25, -0.2) is 0 Å². The first-order chi connectivity index (χ1) is 7.33. The first-order valence-electron chi connectivity index (χ1n) is 3.96. The van der Waals surface area contributed by atoms with Crippen molar-refractivity contribution in [3.8, 4) is 5.75 Å². The summed E-state index contributed by atoms with van der Waals surface area (Å²) in [6.45, 7) is 0. The molecule has 0 aliphatic heterocycles. The Morgan fingerprint density at radius 3 is 2.50 bits per heavy atom. The molecule has 0 radical (unpaired) electrons. The maximum absolute atomic E-state index is 10.8. The summed E-state index contributed by atoms with van der Waals surface area (Å²) in [6, 6.07) is 3.10. The monoisotopic (exact) mass is 245 g/mol. The first-order valence-corrected chi connectivity index (χ1v) is 5.78. The van der Waals surface area contributed by atoms with Crippen LogP contribution in [0.2, 0.25) is 0 Å². The third-order valence-electron chi connectivity index (χ3n) is 1.57. The van der Waals surface area contributed by atoms with E-state index in [4.69, 9.17) is 0 Å². The van der Waals surface area contributed by atoms with Gasteiger partial charge in [0.05, 0.1) is 16.7 Å². The van der Waals surface area contributed by atoms with E-state index >= 15 is 0 Å². The average molecular weight is 245 g/mol. The van der Waals surface area contributed by atoms with E-state index < -0.39 is 20.7 Å². The standard InChI is InChI=1S/C8H7NO6S/c1-16(13,14)15-7-2-3-8(9(11)12)6(4-7)5-10/h2-5H,1H3. The Hall–Kier alpha value is -1.96. The van der Waals surface area contributed by atoms with E-state index in [0.717, 1.165) is 24.5 Å². The molecule has 8 heteroatoms. The molecule has 7 nitrogen and oxygen atoms in total. The van der Waals surface area contributed by atoms with E-state index in [9.17, 15) is 23.3 Å². The summed E-state index contributed by atoms with van der Waals surface area (Å²) in [6.07, 6.45) is 1.09. The molecule has 0 fully saturated rings. The van der Waals surface area contributed by atoms with Gasteiger partial charge in [-0.05, 0) is 12.1 Å². The molecule has 0 aliphatic carbocycles. The number of hydrogen-bond donors (Lipinski definition) is 0. The smallest absolute Gasteiger partial charge is 0.306 e. The maximum atomic E-state index is 10.8. The Labute approximate surface area is 90.9 Å². The molecule has 0 heterocycles. The number of carbonyl (C=O) groups excluding carboxylic acids is 1. The number of benzene rings is 1. The summed E-state index contributed by atoms with van der Waals surface area (Å²) in [5.74, 6) is -0.143. The minimum atomic E-state index is -3.72. The third kappa shape index (κ3) is 3.02. The van der Waals surface area contributed by atoms with E-state index in [1.807, 2.05) is 0 Å². The fourth-order valence-electron chi connectivity index (χ4n) is 1.02. The van der Waals surface area contributed by atoms with E-state index in [-0.39, 0.29) is 17.6 Å². The molecule has 0 N–H and O–H groups in total. The second-order valence-electron chi connectivity index (χ2n) is 2.88. The average Bonchev–Trinajstić information content (AvgIpc) is 2.14. The predicted molar refractivity (Wildman–Crippen MR) is 54.0 cm³/mol. The number of carbonyl (C=O) groups is 1. The predicted octanol–water partition coefficient (Wildman–Crippen LogP) is 0.746. The summed E-state index contributed by atoms with van der Waals surface area (Å²) in [5, 5.41) is 10.5. The molecular formula is C8H7NO6S. The fourth-order valence-corrected chi connectivity index (χ4v) is 1.47. The molecule has 0 unspecified atom stereocenters. The van der Waals surface area contributed by atoms with Crippen LogP contribution in [0.5, 0.6) is 5.75 Å². The fraction of sp³-hybridized carbons (Fsp3) is 0.125. The number of rotatable bonds is 4. The van der Waals surface area contributed by atoms with Gasteiger partial charge in [-0.15, -0.1) is 0 Å². The zero-order valence-corrected chi connectivity index (χ0v) is 8.93. The normalized spacial score (nSPS) is 10.8. The minimum Gasteiger partial charge on any atom is -0.383 e. The SMILES string of the molecule is CS(=O)(=O)Oc1ccc([N+](=O)[O-])c(C=O)c1. The van der Waals surface area contributed by atoms with Crippen LogP contribution in [0.3, 0.4) is 0 Å². The van der Waals surface area contributed by atoms with Gasteiger partial charge < -0.3 is 4.18 Å². The summed E-state index contributed by atoms with van der Waals surface area (Å²) in [4.78, 5) is 20.3. The van der Waals surface area contributed by atoms with Gasteiger partial charge in [0.1, 0.15) is 5.75 Å². The van der Waals surface area contributed by atoms with Crippen molar-refractivity contribution < 1.29 is 22.3 Å². The highest BCUT2D eigenvalue weighted by Gasteiger charge is 2.15. The number of nitro benzene ring substituents is 1. The molecule has 0 saturated heterocycles. The molecule has 86 valence electrons. The maximum Gasteiger partial charge on any atom is 0.306 e. The quantitative estimate of drug-likeness (QED) is 0.335. The van der Waals surface area contributed by atoms with Crippen LogP contribution in [-0.4, -0.2) is 25.9 Å².